The second-order valence-corrected chi connectivity index (χ2v) is 7.96. The predicted molar refractivity (Wildman–Crippen MR) is 106 cm³/mol. The third-order valence-corrected chi connectivity index (χ3v) is 4.48. The lowest BCUT2D eigenvalue weighted by molar-refractivity contribution is 0.0210. The molecule has 0 spiro atoms. The van der Waals surface area contributed by atoms with E-state index >= 15 is 0 Å². The van der Waals surface area contributed by atoms with Crippen LogP contribution in [0, 0.1) is 0 Å². The minimum absolute atomic E-state index is 0.217. The van der Waals surface area contributed by atoms with Gasteiger partial charge in [-0.25, -0.2) is 4.79 Å². The summed E-state index contributed by atoms with van der Waals surface area (Å²) in [6, 6.07) is 8.30. The van der Waals surface area contributed by atoms with Gasteiger partial charge in [-0.3, -0.25) is 0 Å². The fraction of sp³-hybridized carbons (Fsp3) is 0.632. The molecule has 1 saturated heterocycles. The molecule has 0 aliphatic carbocycles. The highest BCUT2D eigenvalue weighted by Crippen LogP contribution is 2.20. The van der Waals surface area contributed by atoms with Crippen LogP contribution in [0.1, 0.15) is 33.6 Å². The van der Waals surface area contributed by atoms with E-state index in [9.17, 15) is 9.90 Å². The summed E-state index contributed by atoms with van der Waals surface area (Å²) in [4.78, 5) is 13.9. The number of nitrogens with zero attached hydrogens (tertiary/aromatic N) is 1. The summed E-state index contributed by atoms with van der Waals surface area (Å²) in [5, 5.41) is 16.1. The molecule has 2 rings (SSSR count). The van der Waals surface area contributed by atoms with Crippen LogP contribution in [-0.4, -0.2) is 59.4 Å². The van der Waals surface area contributed by atoms with Gasteiger partial charge in [-0.1, -0.05) is 0 Å². The molecule has 1 aliphatic rings. The molecule has 1 heterocycles. The third-order valence-electron chi connectivity index (χ3n) is 4.12. The summed E-state index contributed by atoms with van der Waals surface area (Å²) < 4.78 is 5.43. The van der Waals surface area contributed by atoms with Crippen molar-refractivity contribution in [3.05, 3.63) is 24.3 Å². The molecule has 1 aliphatic heterocycles. The number of halogens is 1. The van der Waals surface area contributed by atoms with E-state index in [1.54, 1.807) is 4.90 Å². The van der Waals surface area contributed by atoms with Gasteiger partial charge in [0.1, 0.15) is 5.60 Å². The van der Waals surface area contributed by atoms with E-state index in [1.807, 2.05) is 45.0 Å². The quantitative estimate of drug-likeness (QED) is 0.655. The minimum atomic E-state index is -0.551. The Morgan fingerprint density at radius 2 is 1.85 bits per heavy atom. The summed E-state index contributed by atoms with van der Waals surface area (Å²) in [5.41, 5.74) is 1.53. The molecule has 0 bridgehead atoms. The van der Waals surface area contributed by atoms with Gasteiger partial charge in [-0.05, 0) is 57.9 Å². The Balaban J connectivity index is 1.76. The number of benzene rings is 1. The second kappa shape index (κ2) is 9.33. The largest absolute Gasteiger partial charge is 0.444 e. The molecule has 146 valence electrons. The zero-order valence-corrected chi connectivity index (χ0v) is 16.6. The monoisotopic (exact) mass is 383 g/mol. The van der Waals surface area contributed by atoms with Crippen LogP contribution in [0.25, 0.3) is 0 Å². The molecule has 1 amide bonds. The molecular weight excluding hydrogens is 354 g/mol. The van der Waals surface area contributed by atoms with E-state index in [1.165, 1.54) is 0 Å². The first kappa shape index (κ1) is 20.6. The number of carbonyl (C=O) groups is 1. The maximum absolute atomic E-state index is 12.1. The summed E-state index contributed by atoms with van der Waals surface area (Å²) in [6.07, 6.45) is 0.998. The van der Waals surface area contributed by atoms with Gasteiger partial charge in [0.15, 0.2) is 0 Å². The number of rotatable bonds is 6. The summed E-state index contributed by atoms with van der Waals surface area (Å²) in [5.74, 6) is 0.217. The SMILES string of the molecule is CC(C)(C)OC(=O)N1CCC(Nc2ccc(NCC(O)CCl)cc2)CC1. The van der Waals surface area contributed by atoms with Crippen LogP contribution in [0.4, 0.5) is 16.2 Å². The molecular formula is C19H30ClN3O3. The summed E-state index contributed by atoms with van der Waals surface area (Å²) >= 11 is 5.58. The molecule has 26 heavy (non-hydrogen) atoms. The van der Waals surface area contributed by atoms with Crippen LogP contribution < -0.4 is 10.6 Å². The van der Waals surface area contributed by atoms with Gasteiger partial charge in [0.05, 0.1) is 12.0 Å². The molecule has 1 aromatic carbocycles. The number of hydrogen-bond acceptors (Lipinski definition) is 5. The lowest BCUT2D eigenvalue weighted by atomic mass is 10.0. The van der Waals surface area contributed by atoms with Crippen LogP contribution in [0.2, 0.25) is 0 Å². The number of aliphatic hydroxyl groups is 1. The van der Waals surface area contributed by atoms with E-state index in [-0.39, 0.29) is 12.0 Å². The fourth-order valence-electron chi connectivity index (χ4n) is 2.74. The highest BCUT2D eigenvalue weighted by Gasteiger charge is 2.26. The van der Waals surface area contributed by atoms with Crippen LogP contribution in [-0.2, 0) is 4.74 Å². The first-order valence-corrected chi connectivity index (χ1v) is 9.63. The molecule has 1 atom stereocenters. The molecule has 1 fully saturated rings. The van der Waals surface area contributed by atoms with Crippen molar-refractivity contribution < 1.29 is 14.6 Å². The number of hydrogen-bond donors (Lipinski definition) is 3. The third kappa shape index (κ3) is 6.92. The Hall–Kier alpha value is -1.66. The van der Waals surface area contributed by atoms with Crippen molar-refractivity contribution in [2.75, 3.05) is 36.1 Å². The molecule has 0 radical (unpaired) electrons. The fourth-order valence-corrected chi connectivity index (χ4v) is 2.85. The smallest absolute Gasteiger partial charge is 0.410 e. The number of ether oxygens (including phenoxy) is 1. The van der Waals surface area contributed by atoms with Gasteiger partial charge in [-0.15, -0.1) is 11.6 Å². The number of piperidine rings is 1. The molecule has 0 saturated carbocycles. The maximum atomic E-state index is 12.1. The molecule has 7 heteroatoms. The number of amides is 1. The second-order valence-electron chi connectivity index (χ2n) is 7.65. The lowest BCUT2D eigenvalue weighted by Gasteiger charge is -2.34. The molecule has 1 unspecified atom stereocenters. The molecule has 1 aromatic rings. The molecule has 0 aromatic heterocycles. The standard InChI is InChI=1S/C19H30ClN3O3/c1-19(2,3)26-18(25)23-10-8-16(9-11-23)22-15-6-4-14(5-7-15)21-13-17(24)12-20/h4-7,16-17,21-22,24H,8-13H2,1-3H3. The number of nitrogens with one attached hydrogen (secondary N) is 2. The van der Waals surface area contributed by atoms with Gasteiger partial charge in [0, 0.05) is 37.1 Å². The van der Waals surface area contributed by atoms with Crippen molar-refractivity contribution in [1.29, 1.82) is 0 Å². The molecule has 6 nitrogen and oxygen atoms in total. The van der Waals surface area contributed by atoms with Gasteiger partial charge in [0.25, 0.3) is 0 Å². The average Bonchev–Trinajstić information content (AvgIpc) is 2.60. The number of anilines is 2. The number of likely N-dealkylation sites (tertiary alicyclic amines) is 1. The van der Waals surface area contributed by atoms with Gasteiger partial charge < -0.3 is 25.4 Å². The van der Waals surface area contributed by atoms with Crippen molar-refractivity contribution in [3.63, 3.8) is 0 Å². The number of aliphatic hydroxyl groups excluding tert-OH is 1. The van der Waals surface area contributed by atoms with Gasteiger partial charge >= 0.3 is 6.09 Å². The Bertz CT molecular complexity index is 566. The number of alkyl halides is 1. The Morgan fingerprint density at radius 3 is 2.38 bits per heavy atom. The topological polar surface area (TPSA) is 73.8 Å². The van der Waals surface area contributed by atoms with Crippen LogP contribution in [0.15, 0.2) is 24.3 Å². The van der Waals surface area contributed by atoms with Crippen molar-refractivity contribution in [1.82, 2.24) is 4.90 Å². The Labute approximate surface area is 160 Å². The van der Waals surface area contributed by atoms with E-state index in [4.69, 9.17) is 16.3 Å². The maximum Gasteiger partial charge on any atom is 0.410 e. The first-order valence-electron chi connectivity index (χ1n) is 9.09. The van der Waals surface area contributed by atoms with E-state index in [2.05, 4.69) is 10.6 Å². The van der Waals surface area contributed by atoms with Crippen molar-refractivity contribution in [3.8, 4) is 0 Å². The van der Waals surface area contributed by atoms with Crippen LogP contribution in [0.3, 0.4) is 0 Å². The van der Waals surface area contributed by atoms with E-state index < -0.39 is 11.7 Å². The van der Waals surface area contributed by atoms with Crippen LogP contribution in [0.5, 0.6) is 0 Å². The zero-order chi connectivity index (χ0) is 19.2. The van der Waals surface area contributed by atoms with Crippen molar-refractivity contribution in [2.45, 2.75) is 51.4 Å². The highest BCUT2D eigenvalue weighted by atomic mass is 35.5. The first-order chi connectivity index (χ1) is 12.3. The Kier molecular flexibility index (Phi) is 7.41. The number of carbonyl (C=O) groups excluding carboxylic acids is 1. The average molecular weight is 384 g/mol. The zero-order valence-electron chi connectivity index (χ0n) is 15.8. The summed E-state index contributed by atoms with van der Waals surface area (Å²) in [6.45, 7) is 7.47. The summed E-state index contributed by atoms with van der Waals surface area (Å²) in [7, 11) is 0. The highest BCUT2D eigenvalue weighted by molar-refractivity contribution is 6.18. The molecule has 3 N–H and O–H groups in total. The minimum Gasteiger partial charge on any atom is -0.444 e. The normalized spacial score (nSPS) is 16.9. The van der Waals surface area contributed by atoms with E-state index in [0.717, 1.165) is 24.2 Å². The Morgan fingerprint density at radius 1 is 1.27 bits per heavy atom. The van der Waals surface area contributed by atoms with Gasteiger partial charge in [0.2, 0.25) is 0 Å². The van der Waals surface area contributed by atoms with Crippen LogP contribution >= 0.6 is 11.6 Å². The van der Waals surface area contributed by atoms with Crippen molar-refractivity contribution in [2.24, 2.45) is 0 Å². The predicted octanol–water partition coefficient (Wildman–Crippen LogP) is 3.51. The van der Waals surface area contributed by atoms with E-state index in [0.29, 0.717) is 25.7 Å². The van der Waals surface area contributed by atoms with Gasteiger partial charge in [-0.2, -0.15) is 0 Å². The van der Waals surface area contributed by atoms with Crippen molar-refractivity contribution >= 4 is 29.1 Å². The lowest BCUT2D eigenvalue weighted by Crippen LogP contribution is -2.44.